The largest absolute Gasteiger partial charge is 0.369 e. The monoisotopic (exact) mass is 325 g/mol. The van der Waals surface area contributed by atoms with E-state index in [4.69, 9.17) is 5.73 Å². The van der Waals surface area contributed by atoms with Gasteiger partial charge in [-0.1, -0.05) is 0 Å². The molecule has 6 heteroatoms. The third-order valence-electron chi connectivity index (χ3n) is 2.73. The van der Waals surface area contributed by atoms with Crippen molar-refractivity contribution in [1.82, 2.24) is 9.55 Å². The quantitative estimate of drug-likeness (QED) is 0.781. The molecule has 3 rings (SSSR count). The summed E-state index contributed by atoms with van der Waals surface area (Å²) in [5, 5.41) is 2.01. The summed E-state index contributed by atoms with van der Waals surface area (Å²) in [6, 6.07) is 6.51. The summed E-state index contributed by atoms with van der Waals surface area (Å²) < 4.78 is 16.1. The van der Waals surface area contributed by atoms with E-state index in [1.807, 2.05) is 16.0 Å². The van der Waals surface area contributed by atoms with E-state index < -0.39 is 0 Å². The van der Waals surface area contributed by atoms with Crippen LogP contribution in [0.5, 0.6) is 0 Å². The van der Waals surface area contributed by atoms with Gasteiger partial charge in [-0.3, -0.25) is 0 Å². The Bertz CT molecular complexity index is 719. The Labute approximate surface area is 115 Å². The first kappa shape index (κ1) is 11.7. The van der Waals surface area contributed by atoms with Gasteiger partial charge in [-0.25, -0.2) is 9.37 Å². The third kappa shape index (κ3) is 1.91. The number of halogens is 2. The van der Waals surface area contributed by atoms with E-state index in [0.717, 1.165) is 14.9 Å². The van der Waals surface area contributed by atoms with Crippen molar-refractivity contribution in [2.45, 2.75) is 6.54 Å². The molecule has 2 heterocycles. The number of benzene rings is 1. The van der Waals surface area contributed by atoms with Crippen LogP contribution in [0.2, 0.25) is 0 Å². The molecule has 92 valence electrons. The molecule has 0 bridgehead atoms. The number of hydrogen-bond donors (Lipinski definition) is 1. The predicted octanol–water partition coefficient (Wildman–Crippen LogP) is 3.63. The number of fused-ring (bicyclic) bond motifs is 1. The first-order valence-electron chi connectivity index (χ1n) is 5.28. The smallest absolute Gasteiger partial charge is 0.201 e. The summed E-state index contributed by atoms with van der Waals surface area (Å²) in [4.78, 5) is 5.33. The molecule has 3 aromatic rings. The van der Waals surface area contributed by atoms with Crippen molar-refractivity contribution in [2.75, 3.05) is 5.73 Å². The summed E-state index contributed by atoms with van der Waals surface area (Å²) in [6.45, 7) is 0.631. The molecule has 3 nitrogen and oxygen atoms in total. The van der Waals surface area contributed by atoms with Crippen LogP contribution >= 0.6 is 27.3 Å². The minimum atomic E-state index is -0.301. The van der Waals surface area contributed by atoms with Gasteiger partial charge in [-0.15, -0.1) is 11.3 Å². The van der Waals surface area contributed by atoms with Crippen molar-refractivity contribution in [3.05, 3.63) is 44.8 Å². The molecular weight excluding hydrogens is 317 g/mol. The minimum absolute atomic E-state index is 0.301. The highest BCUT2D eigenvalue weighted by atomic mass is 79.9. The lowest BCUT2D eigenvalue weighted by atomic mass is 10.3. The molecule has 0 aliphatic heterocycles. The van der Waals surface area contributed by atoms with Gasteiger partial charge >= 0.3 is 0 Å². The van der Waals surface area contributed by atoms with Gasteiger partial charge in [0.15, 0.2) is 0 Å². The van der Waals surface area contributed by atoms with Crippen molar-refractivity contribution in [3.8, 4) is 0 Å². The van der Waals surface area contributed by atoms with Crippen LogP contribution in [0.15, 0.2) is 34.1 Å². The van der Waals surface area contributed by atoms with E-state index in [9.17, 15) is 4.39 Å². The topological polar surface area (TPSA) is 43.8 Å². The van der Waals surface area contributed by atoms with Gasteiger partial charge in [0, 0.05) is 15.4 Å². The molecule has 0 fully saturated rings. The summed E-state index contributed by atoms with van der Waals surface area (Å²) in [6.07, 6.45) is 0. The summed E-state index contributed by atoms with van der Waals surface area (Å²) in [5.74, 6) is 0.0976. The average Bonchev–Trinajstić information content (AvgIpc) is 2.85. The average molecular weight is 326 g/mol. The molecule has 0 spiro atoms. The predicted molar refractivity (Wildman–Crippen MR) is 75.2 cm³/mol. The van der Waals surface area contributed by atoms with Gasteiger partial charge in [0.2, 0.25) is 5.95 Å². The highest BCUT2D eigenvalue weighted by Crippen LogP contribution is 2.27. The Hall–Kier alpha value is -1.40. The fourth-order valence-electron chi connectivity index (χ4n) is 1.87. The lowest BCUT2D eigenvalue weighted by molar-refractivity contribution is 0.629. The molecular formula is C12H9BrFN3S. The zero-order valence-corrected chi connectivity index (χ0v) is 11.6. The van der Waals surface area contributed by atoms with Crippen molar-refractivity contribution < 1.29 is 4.39 Å². The normalized spacial score (nSPS) is 11.2. The van der Waals surface area contributed by atoms with E-state index in [1.165, 1.54) is 12.1 Å². The fourth-order valence-corrected chi connectivity index (χ4v) is 3.33. The van der Waals surface area contributed by atoms with E-state index in [1.54, 1.807) is 17.4 Å². The lowest BCUT2D eigenvalue weighted by Gasteiger charge is -2.05. The van der Waals surface area contributed by atoms with Crippen LogP contribution in [-0.2, 0) is 6.54 Å². The zero-order chi connectivity index (χ0) is 12.7. The van der Waals surface area contributed by atoms with E-state index in [-0.39, 0.29) is 5.82 Å². The van der Waals surface area contributed by atoms with Crippen LogP contribution in [-0.4, -0.2) is 9.55 Å². The maximum atomic E-state index is 13.1. The number of rotatable bonds is 2. The van der Waals surface area contributed by atoms with Gasteiger partial charge in [0.25, 0.3) is 0 Å². The number of nitrogens with zero attached hydrogens (tertiary/aromatic N) is 2. The number of anilines is 1. The molecule has 0 aliphatic rings. The van der Waals surface area contributed by atoms with Crippen LogP contribution < -0.4 is 5.73 Å². The molecule has 0 saturated heterocycles. The van der Waals surface area contributed by atoms with Crippen molar-refractivity contribution in [3.63, 3.8) is 0 Å². The number of hydrogen-bond acceptors (Lipinski definition) is 3. The first-order valence-corrected chi connectivity index (χ1v) is 6.95. The van der Waals surface area contributed by atoms with Gasteiger partial charge in [-0.2, -0.15) is 0 Å². The summed E-state index contributed by atoms with van der Waals surface area (Å²) in [7, 11) is 0. The first-order chi connectivity index (χ1) is 8.65. The Morgan fingerprint density at radius 2 is 2.22 bits per heavy atom. The molecule has 1 aromatic carbocycles. The second-order valence-electron chi connectivity index (χ2n) is 3.88. The number of nitrogens with two attached hydrogens (primary N) is 1. The lowest BCUT2D eigenvalue weighted by Crippen LogP contribution is -2.03. The molecule has 2 aromatic heterocycles. The number of thiophene rings is 1. The summed E-state index contributed by atoms with van der Waals surface area (Å²) in [5.41, 5.74) is 7.31. The van der Waals surface area contributed by atoms with Crippen LogP contribution in [0, 0.1) is 5.82 Å². The minimum Gasteiger partial charge on any atom is -0.369 e. The Kier molecular flexibility index (Phi) is 2.83. The van der Waals surface area contributed by atoms with Gasteiger partial charge in [0.1, 0.15) is 5.82 Å². The van der Waals surface area contributed by atoms with Crippen LogP contribution in [0.4, 0.5) is 10.3 Å². The van der Waals surface area contributed by atoms with Crippen LogP contribution in [0.25, 0.3) is 11.0 Å². The SMILES string of the molecule is Nc1nc2cc(F)ccc2n1Cc1sccc1Br. The zero-order valence-electron chi connectivity index (χ0n) is 9.23. The third-order valence-corrected chi connectivity index (χ3v) is 4.64. The highest BCUT2D eigenvalue weighted by Gasteiger charge is 2.11. The molecule has 2 N–H and O–H groups in total. The van der Waals surface area contributed by atoms with E-state index in [2.05, 4.69) is 20.9 Å². The van der Waals surface area contributed by atoms with Gasteiger partial charge < -0.3 is 10.3 Å². The maximum Gasteiger partial charge on any atom is 0.201 e. The number of imidazole rings is 1. The number of nitrogen functional groups attached to an aromatic ring is 1. The maximum absolute atomic E-state index is 13.1. The van der Waals surface area contributed by atoms with Crippen molar-refractivity contribution in [1.29, 1.82) is 0 Å². The van der Waals surface area contributed by atoms with Crippen LogP contribution in [0.3, 0.4) is 0 Å². The Morgan fingerprint density at radius 1 is 1.39 bits per heavy atom. The highest BCUT2D eigenvalue weighted by molar-refractivity contribution is 9.10. The van der Waals surface area contributed by atoms with E-state index in [0.29, 0.717) is 18.0 Å². The molecule has 0 saturated carbocycles. The number of aromatic nitrogens is 2. The molecule has 0 aliphatic carbocycles. The van der Waals surface area contributed by atoms with Gasteiger partial charge in [0.05, 0.1) is 17.6 Å². The van der Waals surface area contributed by atoms with Gasteiger partial charge in [-0.05, 0) is 39.5 Å². The van der Waals surface area contributed by atoms with Crippen molar-refractivity contribution >= 4 is 44.2 Å². The molecule has 0 unspecified atom stereocenters. The molecule has 18 heavy (non-hydrogen) atoms. The second kappa shape index (κ2) is 4.37. The molecule has 0 atom stereocenters. The Morgan fingerprint density at radius 3 is 2.94 bits per heavy atom. The van der Waals surface area contributed by atoms with Crippen molar-refractivity contribution in [2.24, 2.45) is 0 Å². The molecule has 0 amide bonds. The second-order valence-corrected chi connectivity index (χ2v) is 5.74. The standard InChI is InChI=1S/C12H9BrFN3S/c13-8-3-4-18-11(8)6-17-10-2-1-7(14)5-9(10)16-12(17)15/h1-5H,6H2,(H2,15,16). The van der Waals surface area contributed by atoms with Crippen LogP contribution in [0.1, 0.15) is 4.88 Å². The summed E-state index contributed by atoms with van der Waals surface area (Å²) >= 11 is 5.13. The van der Waals surface area contributed by atoms with E-state index >= 15 is 0 Å². The Balaban J connectivity index is 2.11. The fraction of sp³-hybridized carbons (Fsp3) is 0.0833. The molecule has 0 radical (unpaired) electrons.